The van der Waals surface area contributed by atoms with Crippen LogP contribution in [0.25, 0.3) is 0 Å². The molecular weight excluding hydrogens is 310 g/mol. The summed E-state index contributed by atoms with van der Waals surface area (Å²) in [5.41, 5.74) is 1.07. The number of piperidine rings is 1. The molecule has 122 valence electrons. The molecule has 2 heterocycles. The zero-order valence-corrected chi connectivity index (χ0v) is 14.0. The Labute approximate surface area is 140 Å². The van der Waals surface area contributed by atoms with Crippen LogP contribution in [-0.2, 0) is 11.3 Å². The predicted molar refractivity (Wildman–Crippen MR) is 90.7 cm³/mol. The van der Waals surface area contributed by atoms with Crippen LogP contribution in [0.3, 0.4) is 0 Å². The molecule has 3 rings (SSSR count). The van der Waals surface area contributed by atoms with E-state index >= 15 is 0 Å². The topological polar surface area (TPSA) is 54.5 Å². The first-order valence-corrected chi connectivity index (χ1v) is 8.71. The van der Waals surface area contributed by atoms with Crippen LogP contribution in [0.4, 0.5) is 0 Å². The van der Waals surface area contributed by atoms with Crippen LogP contribution in [-0.4, -0.2) is 35.9 Å². The third-order valence-electron chi connectivity index (χ3n) is 4.09. The van der Waals surface area contributed by atoms with Gasteiger partial charge in [0.05, 0.1) is 0 Å². The van der Waals surface area contributed by atoms with Crippen LogP contribution in [0.5, 0.6) is 10.9 Å². The quantitative estimate of drug-likeness (QED) is 0.915. The van der Waals surface area contributed by atoms with Crippen molar-refractivity contribution in [3.63, 3.8) is 0 Å². The van der Waals surface area contributed by atoms with Crippen molar-refractivity contribution in [3.8, 4) is 10.9 Å². The summed E-state index contributed by atoms with van der Waals surface area (Å²) in [6.45, 7) is 2.56. The van der Waals surface area contributed by atoms with Crippen molar-refractivity contribution in [1.29, 1.82) is 0 Å². The maximum Gasteiger partial charge on any atom is 0.278 e. The Morgan fingerprint density at radius 3 is 2.74 bits per heavy atom. The summed E-state index contributed by atoms with van der Waals surface area (Å²) in [6, 6.07) is 7.74. The van der Waals surface area contributed by atoms with Crippen molar-refractivity contribution in [1.82, 2.24) is 15.2 Å². The van der Waals surface area contributed by atoms with E-state index in [0.29, 0.717) is 11.7 Å². The number of hydrogen-bond donors (Lipinski definition) is 1. The van der Waals surface area contributed by atoms with Gasteiger partial charge < -0.3 is 15.0 Å². The van der Waals surface area contributed by atoms with Gasteiger partial charge in [0, 0.05) is 24.0 Å². The van der Waals surface area contributed by atoms with Gasteiger partial charge in [0.15, 0.2) is 0 Å². The lowest BCUT2D eigenvalue weighted by molar-refractivity contribution is -0.126. The fraction of sp³-hybridized carbons (Fsp3) is 0.412. The average molecular weight is 331 g/mol. The molecule has 2 aromatic rings. The van der Waals surface area contributed by atoms with E-state index in [9.17, 15) is 4.79 Å². The number of aromatic nitrogens is 1. The van der Waals surface area contributed by atoms with E-state index in [-0.39, 0.29) is 11.8 Å². The minimum Gasteiger partial charge on any atom is -0.431 e. The van der Waals surface area contributed by atoms with Crippen LogP contribution < -0.4 is 10.1 Å². The molecule has 1 N–H and O–H groups in total. The molecule has 1 aliphatic rings. The molecule has 6 heteroatoms. The molecular formula is C17H21N3O2S. The summed E-state index contributed by atoms with van der Waals surface area (Å²) in [4.78, 5) is 18.6. The van der Waals surface area contributed by atoms with Crippen molar-refractivity contribution in [2.45, 2.75) is 19.4 Å². The summed E-state index contributed by atoms with van der Waals surface area (Å²) in [6.07, 6.45) is 3.61. The van der Waals surface area contributed by atoms with Gasteiger partial charge in [0.2, 0.25) is 5.91 Å². The summed E-state index contributed by atoms with van der Waals surface area (Å²) < 4.78 is 5.62. The number of amides is 1. The molecule has 0 spiro atoms. The first-order chi connectivity index (χ1) is 11.2. The minimum absolute atomic E-state index is 0.152. The number of benzene rings is 1. The van der Waals surface area contributed by atoms with Crippen molar-refractivity contribution in [2.75, 3.05) is 20.1 Å². The molecule has 0 radical (unpaired) electrons. The number of nitrogens with zero attached hydrogens (tertiary/aromatic N) is 2. The zero-order valence-electron chi connectivity index (χ0n) is 13.2. The second-order valence-electron chi connectivity index (χ2n) is 5.84. The second-order valence-corrected chi connectivity index (χ2v) is 6.70. The molecule has 0 unspecified atom stereocenters. The minimum atomic E-state index is 0.152. The van der Waals surface area contributed by atoms with Crippen LogP contribution in [0.15, 0.2) is 35.8 Å². The Bertz CT molecular complexity index is 620. The highest BCUT2D eigenvalue weighted by atomic mass is 32.1. The number of hydrogen-bond acceptors (Lipinski definition) is 5. The summed E-state index contributed by atoms with van der Waals surface area (Å²) in [5, 5.41) is 5.55. The number of thiazole rings is 1. The van der Waals surface area contributed by atoms with Gasteiger partial charge >= 0.3 is 0 Å². The highest BCUT2D eigenvalue weighted by molar-refractivity contribution is 7.11. The fourth-order valence-electron chi connectivity index (χ4n) is 2.64. The Morgan fingerprint density at radius 2 is 2.09 bits per heavy atom. The summed E-state index contributed by atoms with van der Waals surface area (Å²) >= 11 is 1.46. The molecule has 0 bridgehead atoms. The van der Waals surface area contributed by atoms with Gasteiger partial charge in [0.1, 0.15) is 5.75 Å². The molecule has 1 aliphatic heterocycles. The van der Waals surface area contributed by atoms with Gasteiger partial charge in [-0.05, 0) is 50.7 Å². The summed E-state index contributed by atoms with van der Waals surface area (Å²) in [7, 11) is 2.10. The molecule has 5 nitrogen and oxygen atoms in total. The average Bonchev–Trinajstić information content (AvgIpc) is 3.07. The normalized spacial score (nSPS) is 16.2. The summed E-state index contributed by atoms with van der Waals surface area (Å²) in [5.74, 6) is 1.07. The predicted octanol–water partition coefficient (Wildman–Crippen LogP) is 2.89. The number of carbonyl (C=O) groups excluding carboxylic acids is 1. The smallest absolute Gasteiger partial charge is 0.278 e. The van der Waals surface area contributed by atoms with E-state index in [1.165, 1.54) is 11.3 Å². The largest absolute Gasteiger partial charge is 0.431 e. The highest BCUT2D eigenvalue weighted by Crippen LogP contribution is 2.23. The monoisotopic (exact) mass is 331 g/mol. The zero-order chi connectivity index (χ0) is 16.1. The van der Waals surface area contributed by atoms with E-state index in [4.69, 9.17) is 4.74 Å². The van der Waals surface area contributed by atoms with Gasteiger partial charge in [-0.15, -0.1) is 0 Å². The first kappa shape index (κ1) is 16.0. The molecule has 1 aromatic heterocycles. The molecule has 0 aliphatic carbocycles. The molecule has 1 fully saturated rings. The number of ether oxygens (including phenoxy) is 1. The lowest BCUT2D eigenvalue weighted by Gasteiger charge is -2.28. The van der Waals surface area contributed by atoms with Crippen LogP contribution in [0.1, 0.15) is 18.4 Å². The lowest BCUT2D eigenvalue weighted by atomic mass is 9.96. The first-order valence-electron chi connectivity index (χ1n) is 7.83. The second kappa shape index (κ2) is 7.57. The highest BCUT2D eigenvalue weighted by Gasteiger charge is 2.22. The maximum atomic E-state index is 12.2. The van der Waals surface area contributed by atoms with Gasteiger partial charge in [-0.25, -0.2) is 4.98 Å². The Kier molecular flexibility index (Phi) is 5.25. The Morgan fingerprint density at radius 1 is 1.35 bits per heavy atom. The molecule has 23 heavy (non-hydrogen) atoms. The third-order valence-corrected chi connectivity index (χ3v) is 4.74. The van der Waals surface area contributed by atoms with Crippen LogP contribution >= 0.6 is 11.3 Å². The van der Waals surface area contributed by atoms with E-state index < -0.39 is 0 Å². The van der Waals surface area contributed by atoms with Crippen molar-refractivity contribution in [2.24, 2.45) is 5.92 Å². The van der Waals surface area contributed by atoms with E-state index in [0.717, 1.165) is 37.2 Å². The van der Waals surface area contributed by atoms with Crippen molar-refractivity contribution < 1.29 is 9.53 Å². The van der Waals surface area contributed by atoms with Crippen molar-refractivity contribution >= 4 is 17.2 Å². The molecule has 0 atom stereocenters. The van der Waals surface area contributed by atoms with Crippen LogP contribution in [0, 0.1) is 5.92 Å². The van der Waals surface area contributed by atoms with E-state index in [1.54, 1.807) is 6.20 Å². The molecule has 1 amide bonds. The van der Waals surface area contributed by atoms with Gasteiger partial charge in [-0.3, -0.25) is 4.79 Å². The maximum absolute atomic E-state index is 12.2. The number of nitrogens with one attached hydrogen (secondary N) is 1. The van der Waals surface area contributed by atoms with E-state index in [2.05, 4.69) is 22.2 Å². The Hall–Kier alpha value is -1.92. The van der Waals surface area contributed by atoms with Crippen molar-refractivity contribution in [3.05, 3.63) is 41.4 Å². The fourth-order valence-corrected chi connectivity index (χ4v) is 3.15. The SMILES string of the molecule is CN1CCC(C(=O)NCc2ccc(Oc3nccs3)cc2)CC1. The third kappa shape index (κ3) is 4.53. The molecule has 1 aromatic carbocycles. The van der Waals surface area contributed by atoms with Gasteiger partial charge in [0.25, 0.3) is 5.19 Å². The van der Waals surface area contributed by atoms with Crippen LogP contribution in [0.2, 0.25) is 0 Å². The Balaban J connectivity index is 1.47. The lowest BCUT2D eigenvalue weighted by Crippen LogP contribution is -2.38. The standard InChI is InChI=1S/C17H21N3O2S/c1-20-9-6-14(7-10-20)16(21)19-12-13-2-4-15(5-3-13)22-17-18-8-11-23-17/h2-5,8,11,14H,6-7,9-10,12H2,1H3,(H,19,21). The van der Waals surface area contributed by atoms with Gasteiger partial charge in [-0.1, -0.05) is 23.5 Å². The number of rotatable bonds is 5. The van der Waals surface area contributed by atoms with E-state index in [1.807, 2.05) is 29.6 Å². The van der Waals surface area contributed by atoms with Gasteiger partial charge in [-0.2, -0.15) is 0 Å². The molecule has 1 saturated heterocycles. The molecule has 0 saturated carbocycles. The number of likely N-dealkylation sites (tertiary alicyclic amines) is 1. The number of carbonyl (C=O) groups is 1.